The number of carbonyl (C=O) groups is 1. The van der Waals surface area contributed by atoms with E-state index in [9.17, 15) is 18.0 Å². The van der Waals surface area contributed by atoms with Crippen LogP contribution >= 0.6 is 0 Å². The number of halogens is 3. The van der Waals surface area contributed by atoms with Crippen molar-refractivity contribution in [1.82, 2.24) is 4.98 Å². The first-order valence-electron chi connectivity index (χ1n) is 8.89. The van der Waals surface area contributed by atoms with E-state index < -0.39 is 30.4 Å². The van der Waals surface area contributed by atoms with Gasteiger partial charge in [-0.05, 0) is 61.9 Å². The van der Waals surface area contributed by atoms with Crippen LogP contribution in [-0.4, -0.2) is 22.7 Å². The van der Waals surface area contributed by atoms with E-state index in [1.54, 1.807) is 32.0 Å². The molecule has 0 radical (unpaired) electrons. The van der Waals surface area contributed by atoms with Crippen molar-refractivity contribution in [3.63, 3.8) is 0 Å². The Morgan fingerprint density at radius 3 is 2.50 bits per heavy atom. The molecule has 9 heteroatoms. The van der Waals surface area contributed by atoms with Crippen LogP contribution in [0.1, 0.15) is 29.9 Å². The highest BCUT2D eigenvalue weighted by Gasteiger charge is 2.30. The van der Waals surface area contributed by atoms with E-state index in [0.29, 0.717) is 28.4 Å². The first-order valence-corrected chi connectivity index (χ1v) is 8.89. The van der Waals surface area contributed by atoms with Gasteiger partial charge in [0.25, 0.3) is 0 Å². The lowest BCUT2D eigenvalue weighted by atomic mass is 10.1. The van der Waals surface area contributed by atoms with Gasteiger partial charge in [-0.15, -0.1) is 0 Å². The Kier molecular flexibility index (Phi) is 6.00. The average Bonchev–Trinajstić information content (AvgIpc) is 3.17. The lowest BCUT2D eigenvalue weighted by Crippen LogP contribution is -2.10. The van der Waals surface area contributed by atoms with E-state index in [2.05, 4.69) is 4.98 Å². The van der Waals surface area contributed by atoms with Crippen molar-refractivity contribution in [2.24, 2.45) is 0 Å². The summed E-state index contributed by atoms with van der Waals surface area (Å²) in [5.41, 5.74) is 0.363. The molecule has 1 heterocycles. The van der Waals surface area contributed by atoms with Crippen molar-refractivity contribution in [1.29, 1.82) is 0 Å². The topological polar surface area (TPSA) is 81.8 Å². The second kappa shape index (κ2) is 8.48. The highest BCUT2D eigenvalue weighted by atomic mass is 19.4. The number of aromatic nitrogens is 1. The van der Waals surface area contributed by atoms with Crippen LogP contribution in [0.25, 0.3) is 11.5 Å². The van der Waals surface area contributed by atoms with Gasteiger partial charge in [-0.1, -0.05) is 0 Å². The number of aryl methyl sites for hydroxylation is 1. The predicted molar refractivity (Wildman–Crippen MR) is 100 cm³/mol. The molecule has 2 aromatic carbocycles. The number of rotatable bonds is 7. The molecule has 0 amide bonds. The molecular formula is C21H18F3NO5. The fourth-order valence-corrected chi connectivity index (χ4v) is 2.67. The Balaban J connectivity index is 1.68. The maximum absolute atomic E-state index is 12.7. The number of hydrogen-bond acceptors (Lipinski definition) is 5. The van der Waals surface area contributed by atoms with Crippen LogP contribution < -0.4 is 9.47 Å². The van der Waals surface area contributed by atoms with Gasteiger partial charge < -0.3 is 19.0 Å². The van der Waals surface area contributed by atoms with Crippen molar-refractivity contribution in [2.45, 2.75) is 26.1 Å². The molecule has 0 aliphatic rings. The average molecular weight is 421 g/mol. The second-order valence-corrected chi connectivity index (χ2v) is 6.51. The highest BCUT2D eigenvalue weighted by Crippen LogP contribution is 2.32. The van der Waals surface area contributed by atoms with Crippen molar-refractivity contribution in [3.8, 4) is 23.0 Å². The summed E-state index contributed by atoms with van der Waals surface area (Å²) < 4.78 is 54.7. The predicted octanol–water partition coefficient (Wildman–Crippen LogP) is 5.27. The lowest BCUT2D eigenvalue weighted by Gasteiger charge is -2.14. The minimum absolute atomic E-state index is 0.183. The number of hydrogen-bond donors (Lipinski definition) is 1. The Bertz CT molecular complexity index is 1030. The van der Waals surface area contributed by atoms with Crippen LogP contribution in [0.3, 0.4) is 0 Å². The van der Waals surface area contributed by atoms with Crippen molar-refractivity contribution in [2.75, 3.05) is 6.61 Å². The van der Waals surface area contributed by atoms with Gasteiger partial charge in [-0.2, -0.15) is 13.2 Å². The third-order valence-corrected chi connectivity index (χ3v) is 4.19. The molecule has 6 nitrogen and oxygen atoms in total. The third-order valence-electron chi connectivity index (χ3n) is 4.19. The van der Waals surface area contributed by atoms with Crippen molar-refractivity contribution < 1.29 is 37.0 Å². The molecule has 0 aliphatic heterocycles. The molecule has 1 aromatic heterocycles. The van der Waals surface area contributed by atoms with Gasteiger partial charge in [-0.3, -0.25) is 0 Å². The molecule has 3 rings (SSSR count). The molecule has 0 saturated carbocycles. The van der Waals surface area contributed by atoms with E-state index in [-0.39, 0.29) is 5.89 Å². The van der Waals surface area contributed by atoms with Gasteiger partial charge in [0.05, 0.1) is 11.8 Å². The number of carboxylic acids is 1. The molecule has 158 valence electrons. The van der Waals surface area contributed by atoms with Gasteiger partial charge in [0, 0.05) is 5.56 Å². The Hall–Kier alpha value is -3.49. The molecule has 1 atom stereocenters. The molecule has 0 saturated heterocycles. The first-order chi connectivity index (χ1) is 14.1. The van der Waals surface area contributed by atoms with E-state index in [4.69, 9.17) is 19.0 Å². The van der Waals surface area contributed by atoms with Gasteiger partial charge in [-0.25, -0.2) is 9.78 Å². The summed E-state index contributed by atoms with van der Waals surface area (Å²) in [6.07, 6.45) is -3.48. The fourth-order valence-electron chi connectivity index (χ4n) is 2.67. The molecule has 1 N–H and O–H groups in total. The van der Waals surface area contributed by atoms with Crippen LogP contribution in [0.5, 0.6) is 11.5 Å². The van der Waals surface area contributed by atoms with Gasteiger partial charge in [0.15, 0.2) is 18.5 Å². The van der Waals surface area contributed by atoms with Crippen molar-refractivity contribution in [3.05, 3.63) is 65.5 Å². The molecule has 1 unspecified atom stereocenters. The summed E-state index contributed by atoms with van der Waals surface area (Å²) in [6.45, 7) is 3.05. The number of oxazole rings is 1. The minimum Gasteiger partial charge on any atom is -0.483 e. The quantitative estimate of drug-likeness (QED) is 0.560. The first kappa shape index (κ1) is 21.2. The third kappa shape index (κ3) is 5.11. The summed E-state index contributed by atoms with van der Waals surface area (Å²) in [6, 6.07) is 9.46. The molecule has 0 bridgehead atoms. The molecule has 0 aliphatic carbocycles. The molecule has 3 aromatic rings. The summed E-state index contributed by atoms with van der Waals surface area (Å²) in [7, 11) is 0. The van der Waals surface area contributed by atoms with Crippen molar-refractivity contribution >= 4 is 5.97 Å². The maximum Gasteiger partial charge on any atom is 0.416 e. The minimum atomic E-state index is -4.41. The zero-order valence-corrected chi connectivity index (χ0v) is 16.1. The number of benzene rings is 2. The van der Waals surface area contributed by atoms with Gasteiger partial charge >= 0.3 is 12.1 Å². The normalized spacial score (nSPS) is 12.4. The van der Waals surface area contributed by atoms with E-state index in [1.807, 2.05) is 0 Å². The SMILES string of the molecule is Cc1cc(OC(C)c2cnc(-c3ccc(C(F)(F)F)cc3)o2)ccc1OCC(=O)O. The number of carboxylic acid groups (broad SMARTS) is 1. The van der Waals surface area contributed by atoms with Crippen LogP contribution in [0.2, 0.25) is 0 Å². The standard InChI is InChI=1S/C21H18F3NO5/c1-12-9-16(7-8-17(12)28-11-19(26)27)29-13(2)18-10-25-20(30-18)14-3-5-15(6-4-14)21(22,23)24/h3-10,13H,11H2,1-2H3,(H,26,27). The van der Waals surface area contributed by atoms with E-state index >= 15 is 0 Å². The molecule has 30 heavy (non-hydrogen) atoms. The Labute approximate surface area is 169 Å². The zero-order valence-electron chi connectivity index (χ0n) is 16.1. The number of ether oxygens (including phenoxy) is 2. The molecule has 0 spiro atoms. The number of aliphatic carboxylic acids is 1. The fraction of sp³-hybridized carbons (Fsp3) is 0.238. The summed E-state index contributed by atoms with van der Waals surface area (Å²) in [4.78, 5) is 14.7. The Morgan fingerprint density at radius 1 is 1.20 bits per heavy atom. The van der Waals surface area contributed by atoms with Gasteiger partial charge in [0.2, 0.25) is 5.89 Å². The number of nitrogens with zero attached hydrogens (tertiary/aromatic N) is 1. The summed E-state index contributed by atoms with van der Waals surface area (Å²) >= 11 is 0. The van der Waals surface area contributed by atoms with E-state index in [0.717, 1.165) is 12.1 Å². The van der Waals surface area contributed by atoms with Crippen LogP contribution in [0, 0.1) is 6.92 Å². The number of alkyl halides is 3. The smallest absolute Gasteiger partial charge is 0.416 e. The second-order valence-electron chi connectivity index (χ2n) is 6.51. The largest absolute Gasteiger partial charge is 0.483 e. The van der Waals surface area contributed by atoms with Crippen LogP contribution in [-0.2, 0) is 11.0 Å². The summed E-state index contributed by atoms with van der Waals surface area (Å²) in [5.74, 6) is 0.450. The van der Waals surface area contributed by atoms with E-state index in [1.165, 1.54) is 18.3 Å². The molecular weight excluding hydrogens is 403 g/mol. The molecule has 0 fully saturated rings. The van der Waals surface area contributed by atoms with Crippen LogP contribution in [0.4, 0.5) is 13.2 Å². The lowest BCUT2D eigenvalue weighted by molar-refractivity contribution is -0.139. The summed E-state index contributed by atoms with van der Waals surface area (Å²) in [5, 5.41) is 8.68. The highest BCUT2D eigenvalue weighted by molar-refractivity contribution is 5.68. The van der Waals surface area contributed by atoms with Gasteiger partial charge in [0.1, 0.15) is 11.5 Å². The zero-order chi connectivity index (χ0) is 21.9. The van der Waals surface area contributed by atoms with Crippen LogP contribution in [0.15, 0.2) is 53.1 Å². The maximum atomic E-state index is 12.7. The Morgan fingerprint density at radius 2 is 1.90 bits per heavy atom. The monoisotopic (exact) mass is 421 g/mol.